The summed E-state index contributed by atoms with van der Waals surface area (Å²) in [6.07, 6.45) is 9.14. The van der Waals surface area contributed by atoms with E-state index < -0.39 is 0 Å². The van der Waals surface area contributed by atoms with Gasteiger partial charge in [0.05, 0.1) is 0 Å². The first kappa shape index (κ1) is 16.9. The highest BCUT2D eigenvalue weighted by molar-refractivity contribution is 6.18. The van der Waals surface area contributed by atoms with Crippen LogP contribution in [0.15, 0.2) is 30.3 Å². The molecule has 1 aromatic carbocycles. The Morgan fingerprint density at radius 2 is 1.71 bits per heavy atom. The van der Waals surface area contributed by atoms with Crippen LogP contribution in [0.1, 0.15) is 64.9 Å². The largest absolute Gasteiger partial charge is 0.126 e. The molecule has 0 saturated heterocycles. The zero-order valence-corrected chi connectivity index (χ0v) is 14.8. The number of halogens is 1. The van der Waals surface area contributed by atoms with Crippen molar-refractivity contribution in [3.05, 3.63) is 35.9 Å². The van der Waals surface area contributed by atoms with Gasteiger partial charge in [-0.2, -0.15) is 0 Å². The Balaban J connectivity index is 1.83. The molecule has 0 heterocycles. The first-order valence-corrected chi connectivity index (χ1v) is 9.09. The van der Waals surface area contributed by atoms with Gasteiger partial charge in [-0.1, -0.05) is 51.1 Å². The molecule has 118 valence electrons. The Morgan fingerprint density at radius 3 is 2.24 bits per heavy atom. The number of aryl methyl sites for hydroxylation is 1. The monoisotopic (exact) mass is 306 g/mol. The summed E-state index contributed by atoms with van der Waals surface area (Å²) in [4.78, 5) is 0. The van der Waals surface area contributed by atoms with Crippen molar-refractivity contribution in [1.29, 1.82) is 0 Å². The summed E-state index contributed by atoms with van der Waals surface area (Å²) in [5.41, 5.74) is 2.34. The van der Waals surface area contributed by atoms with Crippen molar-refractivity contribution >= 4 is 11.6 Å². The molecule has 2 rings (SSSR count). The molecule has 0 nitrogen and oxygen atoms in total. The standard InChI is InChI=1S/C20H31Cl/c1-19(2,3)18-11-14-20(16-21,15-12-18)13-7-10-17-8-5-4-6-9-17/h4-6,8-9,18H,7,10-16H2,1-3H3. The molecule has 0 atom stereocenters. The highest BCUT2D eigenvalue weighted by Gasteiger charge is 2.37. The molecule has 1 fully saturated rings. The zero-order valence-electron chi connectivity index (χ0n) is 14.0. The first-order valence-electron chi connectivity index (χ1n) is 8.55. The molecule has 0 unspecified atom stereocenters. The van der Waals surface area contributed by atoms with Crippen molar-refractivity contribution in [1.82, 2.24) is 0 Å². The van der Waals surface area contributed by atoms with Crippen molar-refractivity contribution in [2.75, 3.05) is 5.88 Å². The minimum Gasteiger partial charge on any atom is -0.126 e. The molecule has 1 aromatic rings. The first-order chi connectivity index (χ1) is 9.95. The van der Waals surface area contributed by atoms with Crippen LogP contribution in [0.4, 0.5) is 0 Å². The second-order valence-corrected chi connectivity index (χ2v) is 8.38. The van der Waals surface area contributed by atoms with Gasteiger partial charge in [0.2, 0.25) is 0 Å². The van der Waals surface area contributed by atoms with Crippen LogP contribution in [-0.4, -0.2) is 5.88 Å². The molecule has 0 N–H and O–H groups in total. The van der Waals surface area contributed by atoms with Gasteiger partial charge >= 0.3 is 0 Å². The summed E-state index contributed by atoms with van der Waals surface area (Å²) in [6, 6.07) is 10.9. The van der Waals surface area contributed by atoms with Gasteiger partial charge in [-0.15, -0.1) is 11.6 Å². The van der Waals surface area contributed by atoms with Crippen molar-refractivity contribution in [2.45, 2.75) is 65.7 Å². The lowest BCUT2D eigenvalue weighted by Crippen LogP contribution is -2.34. The van der Waals surface area contributed by atoms with Crippen molar-refractivity contribution in [3.63, 3.8) is 0 Å². The molecule has 0 amide bonds. The number of alkyl halides is 1. The molecule has 0 radical (unpaired) electrons. The molecular weight excluding hydrogens is 276 g/mol. The van der Waals surface area contributed by atoms with Crippen LogP contribution in [0.2, 0.25) is 0 Å². The number of rotatable bonds is 5. The summed E-state index contributed by atoms with van der Waals surface area (Å²) in [6.45, 7) is 7.17. The van der Waals surface area contributed by atoms with E-state index in [4.69, 9.17) is 11.6 Å². The molecule has 0 bridgehead atoms. The van der Waals surface area contributed by atoms with Gasteiger partial charge in [-0.25, -0.2) is 0 Å². The summed E-state index contributed by atoms with van der Waals surface area (Å²) < 4.78 is 0. The van der Waals surface area contributed by atoms with E-state index >= 15 is 0 Å². The van der Waals surface area contributed by atoms with Crippen LogP contribution in [0, 0.1) is 16.7 Å². The SMILES string of the molecule is CC(C)(C)C1CCC(CCl)(CCCc2ccccc2)CC1. The molecule has 1 aliphatic rings. The number of benzene rings is 1. The fourth-order valence-electron chi connectivity index (χ4n) is 3.86. The van der Waals surface area contributed by atoms with Crippen molar-refractivity contribution in [2.24, 2.45) is 16.7 Å². The molecule has 1 heteroatoms. The van der Waals surface area contributed by atoms with E-state index in [2.05, 4.69) is 51.1 Å². The molecule has 0 spiro atoms. The molecule has 21 heavy (non-hydrogen) atoms. The minimum absolute atomic E-state index is 0.415. The second-order valence-electron chi connectivity index (χ2n) is 8.11. The van der Waals surface area contributed by atoms with Crippen LogP contribution in [0.25, 0.3) is 0 Å². The van der Waals surface area contributed by atoms with Crippen molar-refractivity contribution < 1.29 is 0 Å². The lowest BCUT2D eigenvalue weighted by molar-refractivity contribution is 0.0943. The van der Waals surface area contributed by atoms with Crippen LogP contribution < -0.4 is 0 Å². The van der Waals surface area contributed by atoms with E-state index in [1.807, 2.05) is 0 Å². The van der Waals surface area contributed by atoms with Gasteiger partial charge in [0.25, 0.3) is 0 Å². The van der Waals surface area contributed by atoms with E-state index in [0.717, 1.165) is 11.8 Å². The minimum atomic E-state index is 0.415. The lowest BCUT2D eigenvalue weighted by Gasteiger charge is -2.43. The molecule has 1 aliphatic carbocycles. The van der Waals surface area contributed by atoms with Gasteiger partial charge in [-0.05, 0) is 67.3 Å². The Hall–Kier alpha value is -0.490. The van der Waals surface area contributed by atoms with E-state index in [1.165, 1.54) is 50.5 Å². The predicted molar refractivity (Wildman–Crippen MR) is 93.9 cm³/mol. The summed E-state index contributed by atoms with van der Waals surface area (Å²) >= 11 is 6.38. The Kier molecular flexibility index (Phi) is 5.77. The number of hydrogen-bond donors (Lipinski definition) is 0. The third kappa shape index (κ3) is 4.74. The van der Waals surface area contributed by atoms with Gasteiger partial charge < -0.3 is 0 Å². The fraction of sp³-hybridized carbons (Fsp3) is 0.700. The molecule has 0 aromatic heterocycles. The third-order valence-electron chi connectivity index (χ3n) is 5.57. The molecular formula is C20H31Cl. The second kappa shape index (κ2) is 7.18. The molecule has 1 saturated carbocycles. The lowest BCUT2D eigenvalue weighted by atomic mass is 9.63. The van der Waals surface area contributed by atoms with E-state index in [1.54, 1.807) is 0 Å². The van der Waals surface area contributed by atoms with Gasteiger partial charge in [0, 0.05) is 5.88 Å². The van der Waals surface area contributed by atoms with Crippen LogP contribution in [0.5, 0.6) is 0 Å². The Morgan fingerprint density at radius 1 is 1.10 bits per heavy atom. The average Bonchev–Trinajstić information content (AvgIpc) is 2.48. The number of hydrogen-bond acceptors (Lipinski definition) is 0. The quantitative estimate of drug-likeness (QED) is 0.547. The molecule has 0 aliphatic heterocycles. The topological polar surface area (TPSA) is 0 Å². The van der Waals surface area contributed by atoms with E-state index in [9.17, 15) is 0 Å². The van der Waals surface area contributed by atoms with Crippen LogP contribution in [0.3, 0.4) is 0 Å². The predicted octanol–water partition coefficient (Wildman–Crippen LogP) is 6.47. The maximum absolute atomic E-state index is 6.38. The fourth-order valence-corrected chi connectivity index (χ4v) is 4.26. The smallest absolute Gasteiger partial charge is 0.0280 e. The summed E-state index contributed by atoms with van der Waals surface area (Å²) in [5, 5.41) is 0. The van der Waals surface area contributed by atoms with Gasteiger partial charge in [0.1, 0.15) is 0 Å². The normalized spacial score (nSPS) is 26.8. The van der Waals surface area contributed by atoms with Gasteiger partial charge in [-0.3, -0.25) is 0 Å². The van der Waals surface area contributed by atoms with E-state index in [-0.39, 0.29) is 0 Å². The maximum atomic E-state index is 6.38. The Bertz CT molecular complexity index is 407. The van der Waals surface area contributed by atoms with Crippen LogP contribution in [-0.2, 0) is 6.42 Å². The highest BCUT2D eigenvalue weighted by atomic mass is 35.5. The van der Waals surface area contributed by atoms with E-state index in [0.29, 0.717) is 10.8 Å². The third-order valence-corrected chi connectivity index (χ3v) is 6.14. The van der Waals surface area contributed by atoms with Gasteiger partial charge in [0.15, 0.2) is 0 Å². The summed E-state index contributed by atoms with van der Waals surface area (Å²) in [5.74, 6) is 1.72. The van der Waals surface area contributed by atoms with Crippen molar-refractivity contribution in [3.8, 4) is 0 Å². The Labute approximate surface area is 136 Å². The highest BCUT2D eigenvalue weighted by Crippen LogP contribution is 2.48. The van der Waals surface area contributed by atoms with Crippen LogP contribution >= 0.6 is 11.6 Å². The summed E-state index contributed by atoms with van der Waals surface area (Å²) in [7, 11) is 0. The zero-order chi connectivity index (χ0) is 15.3. The average molecular weight is 307 g/mol. The maximum Gasteiger partial charge on any atom is 0.0280 e.